The number of hydrogen-bond donors (Lipinski definition) is 1. The molecule has 1 aliphatic rings. The minimum absolute atomic E-state index is 0.445. The molecule has 0 saturated heterocycles. The number of alkyl halides is 1. The predicted molar refractivity (Wildman–Crippen MR) is 48.5 cm³/mol. The van der Waals surface area contributed by atoms with E-state index in [9.17, 15) is 0 Å². The van der Waals surface area contributed by atoms with Crippen LogP contribution in [0.25, 0.3) is 0 Å². The van der Waals surface area contributed by atoms with Gasteiger partial charge in [-0.1, -0.05) is 18.4 Å². The Kier molecular flexibility index (Phi) is 3.89. The lowest BCUT2D eigenvalue weighted by atomic mass is 10.1. The van der Waals surface area contributed by atoms with Crippen molar-refractivity contribution in [3.8, 4) is 0 Å². The van der Waals surface area contributed by atoms with Crippen LogP contribution < -0.4 is 4.72 Å². The molecule has 3 heteroatoms. The Morgan fingerprint density at radius 3 is 2.90 bits per heavy atom. The molecule has 10 heavy (non-hydrogen) atoms. The Morgan fingerprint density at radius 1 is 1.60 bits per heavy atom. The lowest BCUT2D eigenvalue weighted by Gasteiger charge is -2.11. The van der Waals surface area contributed by atoms with Crippen molar-refractivity contribution >= 4 is 23.5 Å². The van der Waals surface area contributed by atoms with Crippen molar-refractivity contribution < 1.29 is 0 Å². The van der Waals surface area contributed by atoms with Gasteiger partial charge in [0.2, 0.25) is 0 Å². The monoisotopic (exact) mass is 179 g/mol. The summed E-state index contributed by atoms with van der Waals surface area (Å²) in [6.07, 6.45) is 3.86. The van der Waals surface area contributed by atoms with Gasteiger partial charge in [0, 0.05) is 11.1 Å². The highest BCUT2D eigenvalue weighted by atomic mass is 35.5. The van der Waals surface area contributed by atoms with E-state index >= 15 is 0 Å². The van der Waals surface area contributed by atoms with Crippen LogP contribution in [0.1, 0.15) is 19.3 Å². The highest BCUT2D eigenvalue weighted by Gasteiger charge is 2.24. The summed E-state index contributed by atoms with van der Waals surface area (Å²) in [5.74, 6) is 1.92. The lowest BCUT2D eigenvalue weighted by Crippen LogP contribution is -2.11. The zero-order valence-corrected chi connectivity index (χ0v) is 7.84. The van der Waals surface area contributed by atoms with Crippen LogP contribution in [0.15, 0.2) is 0 Å². The SMILES string of the molecule is CNSC[C@@H]1CCCC1Cl. The molecule has 0 radical (unpaired) electrons. The van der Waals surface area contributed by atoms with E-state index in [1.54, 1.807) is 11.9 Å². The van der Waals surface area contributed by atoms with E-state index in [1.165, 1.54) is 25.0 Å². The summed E-state index contributed by atoms with van der Waals surface area (Å²) < 4.78 is 3.07. The highest BCUT2D eigenvalue weighted by molar-refractivity contribution is 7.97. The van der Waals surface area contributed by atoms with Crippen LogP contribution in [-0.4, -0.2) is 18.2 Å². The summed E-state index contributed by atoms with van der Waals surface area (Å²) >= 11 is 7.85. The summed E-state index contributed by atoms with van der Waals surface area (Å²) in [5, 5.41) is 0.445. The Hall–Kier alpha value is 0.600. The molecule has 0 bridgehead atoms. The van der Waals surface area contributed by atoms with Crippen molar-refractivity contribution in [2.45, 2.75) is 24.6 Å². The summed E-state index contributed by atoms with van der Waals surface area (Å²) in [6.45, 7) is 0. The van der Waals surface area contributed by atoms with Crippen molar-refractivity contribution in [1.82, 2.24) is 4.72 Å². The molecular weight excluding hydrogens is 166 g/mol. The predicted octanol–water partition coefficient (Wildman–Crippen LogP) is 2.26. The van der Waals surface area contributed by atoms with Crippen LogP contribution in [0.2, 0.25) is 0 Å². The fourth-order valence-corrected chi connectivity index (χ4v) is 2.62. The summed E-state index contributed by atoms with van der Waals surface area (Å²) in [5.41, 5.74) is 0. The first-order valence-electron chi connectivity index (χ1n) is 3.77. The molecule has 0 aromatic carbocycles. The topological polar surface area (TPSA) is 12.0 Å². The maximum Gasteiger partial charge on any atom is 0.0372 e. The smallest absolute Gasteiger partial charge is 0.0372 e. The summed E-state index contributed by atoms with van der Waals surface area (Å²) in [6, 6.07) is 0. The normalized spacial score (nSPS) is 33.0. The van der Waals surface area contributed by atoms with Crippen LogP contribution in [0.4, 0.5) is 0 Å². The van der Waals surface area contributed by atoms with E-state index < -0.39 is 0 Å². The Labute approximate surface area is 72.0 Å². The molecule has 0 spiro atoms. The Morgan fingerprint density at radius 2 is 2.40 bits per heavy atom. The Bertz CT molecular complexity index is 99.6. The van der Waals surface area contributed by atoms with Gasteiger partial charge in [-0.15, -0.1) is 11.6 Å². The summed E-state index contributed by atoms with van der Waals surface area (Å²) in [4.78, 5) is 0. The third-order valence-corrected chi connectivity index (χ3v) is 3.47. The molecule has 1 unspecified atom stereocenters. The van der Waals surface area contributed by atoms with Crippen molar-refractivity contribution in [3.05, 3.63) is 0 Å². The van der Waals surface area contributed by atoms with Crippen molar-refractivity contribution in [1.29, 1.82) is 0 Å². The van der Waals surface area contributed by atoms with Crippen LogP contribution >= 0.6 is 23.5 Å². The second kappa shape index (κ2) is 4.47. The van der Waals surface area contributed by atoms with Gasteiger partial charge < -0.3 is 0 Å². The zero-order valence-electron chi connectivity index (χ0n) is 6.27. The minimum Gasteiger partial charge on any atom is -0.267 e. The molecule has 1 fully saturated rings. The lowest BCUT2D eigenvalue weighted by molar-refractivity contribution is 0.629. The van der Waals surface area contributed by atoms with E-state index in [0.29, 0.717) is 5.38 Å². The van der Waals surface area contributed by atoms with Gasteiger partial charge in [-0.3, -0.25) is 4.72 Å². The van der Waals surface area contributed by atoms with E-state index in [0.717, 1.165) is 5.92 Å². The maximum absolute atomic E-state index is 6.07. The van der Waals surface area contributed by atoms with Crippen LogP contribution in [0.5, 0.6) is 0 Å². The molecule has 1 rings (SSSR count). The number of hydrogen-bond acceptors (Lipinski definition) is 2. The molecule has 0 aliphatic heterocycles. The first kappa shape index (κ1) is 8.69. The zero-order chi connectivity index (χ0) is 7.40. The third-order valence-electron chi connectivity index (χ3n) is 2.01. The standard InChI is InChI=1S/C7H14ClNS/c1-9-10-5-6-3-2-4-7(6)8/h6-7,9H,2-5H2,1H3/t6-,7?/m0/s1. The molecule has 1 N–H and O–H groups in total. The second-order valence-electron chi connectivity index (χ2n) is 2.72. The fraction of sp³-hybridized carbons (Fsp3) is 1.00. The molecule has 0 amide bonds. The minimum atomic E-state index is 0.445. The molecule has 1 saturated carbocycles. The molecule has 0 heterocycles. The van der Waals surface area contributed by atoms with Crippen LogP contribution in [0, 0.1) is 5.92 Å². The molecule has 0 aromatic rings. The summed E-state index contributed by atoms with van der Waals surface area (Å²) in [7, 11) is 1.96. The van der Waals surface area contributed by atoms with Gasteiger partial charge >= 0.3 is 0 Å². The van der Waals surface area contributed by atoms with Gasteiger partial charge in [0.15, 0.2) is 0 Å². The van der Waals surface area contributed by atoms with Crippen LogP contribution in [-0.2, 0) is 0 Å². The maximum atomic E-state index is 6.07. The van der Waals surface area contributed by atoms with Gasteiger partial charge in [0.25, 0.3) is 0 Å². The number of halogens is 1. The van der Waals surface area contributed by atoms with Crippen molar-refractivity contribution in [2.75, 3.05) is 12.8 Å². The average molecular weight is 180 g/mol. The first-order chi connectivity index (χ1) is 4.84. The fourth-order valence-electron chi connectivity index (χ4n) is 1.37. The number of rotatable bonds is 3. The van der Waals surface area contributed by atoms with Gasteiger partial charge in [0.1, 0.15) is 0 Å². The van der Waals surface area contributed by atoms with Gasteiger partial charge in [0.05, 0.1) is 0 Å². The third kappa shape index (κ3) is 2.33. The molecule has 0 aromatic heterocycles. The van der Waals surface area contributed by atoms with E-state index in [4.69, 9.17) is 11.6 Å². The van der Waals surface area contributed by atoms with Crippen LogP contribution in [0.3, 0.4) is 0 Å². The number of nitrogens with one attached hydrogen (secondary N) is 1. The van der Waals surface area contributed by atoms with Gasteiger partial charge in [-0.2, -0.15) is 0 Å². The van der Waals surface area contributed by atoms with E-state index in [-0.39, 0.29) is 0 Å². The van der Waals surface area contributed by atoms with Gasteiger partial charge in [-0.05, 0) is 25.8 Å². The Balaban J connectivity index is 2.14. The molecule has 2 atom stereocenters. The first-order valence-corrected chi connectivity index (χ1v) is 5.19. The molecule has 60 valence electrons. The molecular formula is C7H14ClNS. The van der Waals surface area contributed by atoms with E-state index in [2.05, 4.69) is 4.72 Å². The largest absolute Gasteiger partial charge is 0.267 e. The van der Waals surface area contributed by atoms with Crippen molar-refractivity contribution in [2.24, 2.45) is 5.92 Å². The molecule has 1 nitrogen and oxygen atoms in total. The quantitative estimate of drug-likeness (QED) is 0.527. The van der Waals surface area contributed by atoms with E-state index in [1.807, 2.05) is 7.05 Å². The molecule has 1 aliphatic carbocycles. The van der Waals surface area contributed by atoms with Gasteiger partial charge in [-0.25, -0.2) is 0 Å². The van der Waals surface area contributed by atoms with Crippen molar-refractivity contribution in [3.63, 3.8) is 0 Å². The second-order valence-corrected chi connectivity index (χ2v) is 4.31. The average Bonchev–Trinajstić information content (AvgIpc) is 2.31. The highest BCUT2D eigenvalue weighted by Crippen LogP contribution is 2.31.